The van der Waals surface area contributed by atoms with E-state index in [1.807, 2.05) is 6.92 Å². The van der Waals surface area contributed by atoms with Crippen LogP contribution in [0.5, 0.6) is 0 Å². The van der Waals surface area contributed by atoms with Gasteiger partial charge < -0.3 is 0 Å². The van der Waals surface area contributed by atoms with Gasteiger partial charge in [0.25, 0.3) is 0 Å². The molecule has 15 heavy (non-hydrogen) atoms. The van der Waals surface area contributed by atoms with Crippen LogP contribution in [0.3, 0.4) is 0 Å². The van der Waals surface area contributed by atoms with Gasteiger partial charge in [-0.25, -0.2) is 0 Å². The van der Waals surface area contributed by atoms with Crippen LogP contribution in [0, 0.1) is 5.41 Å². The zero-order valence-electron chi connectivity index (χ0n) is 10.4. The standard InChI is InChI=1S/C14H22O/c1-11(10-15)13(14(2,3)4)12-8-6-5-7-9-12/h8,10H,5-7,9H2,1-4H3. The molecular formula is C14H22O. The van der Waals surface area contributed by atoms with E-state index in [0.29, 0.717) is 0 Å². The van der Waals surface area contributed by atoms with E-state index in [2.05, 4.69) is 26.8 Å². The minimum absolute atomic E-state index is 0.0775. The van der Waals surface area contributed by atoms with Crippen molar-refractivity contribution in [3.05, 3.63) is 22.8 Å². The summed E-state index contributed by atoms with van der Waals surface area (Å²) in [7, 11) is 0. The van der Waals surface area contributed by atoms with E-state index in [4.69, 9.17) is 0 Å². The Bertz CT molecular complexity index is 300. The monoisotopic (exact) mass is 206 g/mol. The van der Waals surface area contributed by atoms with Crippen molar-refractivity contribution in [2.24, 2.45) is 5.41 Å². The molecule has 0 saturated heterocycles. The molecule has 84 valence electrons. The van der Waals surface area contributed by atoms with Crippen LogP contribution in [0.1, 0.15) is 53.4 Å². The summed E-state index contributed by atoms with van der Waals surface area (Å²) in [6, 6.07) is 0. The molecule has 1 aliphatic rings. The lowest BCUT2D eigenvalue weighted by Crippen LogP contribution is -2.15. The SMILES string of the molecule is CC(C=O)=C(C1=CCCCC1)C(C)(C)C. The van der Waals surface area contributed by atoms with E-state index in [1.165, 1.54) is 30.4 Å². The van der Waals surface area contributed by atoms with Gasteiger partial charge in [-0.1, -0.05) is 26.8 Å². The highest BCUT2D eigenvalue weighted by Gasteiger charge is 2.23. The fourth-order valence-electron chi connectivity index (χ4n) is 2.45. The summed E-state index contributed by atoms with van der Waals surface area (Å²) < 4.78 is 0. The van der Waals surface area contributed by atoms with Crippen molar-refractivity contribution in [2.45, 2.75) is 53.4 Å². The van der Waals surface area contributed by atoms with Crippen molar-refractivity contribution in [3.8, 4) is 0 Å². The van der Waals surface area contributed by atoms with Crippen LogP contribution >= 0.6 is 0 Å². The minimum atomic E-state index is 0.0775. The molecule has 1 aliphatic carbocycles. The van der Waals surface area contributed by atoms with Gasteiger partial charge in [0.05, 0.1) is 0 Å². The molecule has 0 aromatic heterocycles. The van der Waals surface area contributed by atoms with Crippen molar-refractivity contribution in [1.82, 2.24) is 0 Å². The number of allylic oxidation sites excluding steroid dienone is 4. The molecule has 0 saturated carbocycles. The predicted octanol–water partition coefficient (Wildman–Crippen LogP) is 4.05. The van der Waals surface area contributed by atoms with Gasteiger partial charge in [-0.2, -0.15) is 0 Å². The van der Waals surface area contributed by atoms with Crippen molar-refractivity contribution in [2.75, 3.05) is 0 Å². The average Bonchev–Trinajstić information content (AvgIpc) is 2.17. The predicted molar refractivity (Wildman–Crippen MR) is 64.8 cm³/mol. The zero-order chi connectivity index (χ0) is 11.5. The number of hydrogen-bond donors (Lipinski definition) is 0. The molecule has 0 spiro atoms. The molecule has 0 aromatic rings. The summed E-state index contributed by atoms with van der Waals surface area (Å²) in [6.45, 7) is 8.49. The second kappa shape index (κ2) is 4.78. The van der Waals surface area contributed by atoms with Crippen LogP contribution in [0.4, 0.5) is 0 Å². The molecule has 0 unspecified atom stereocenters. The lowest BCUT2D eigenvalue weighted by molar-refractivity contribution is -0.105. The molecule has 1 heteroatoms. The van der Waals surface area contributed by atoms with E-state index in [1.54, 1.807) is 0 Å². The first kappa shape index (κ1) is 12.2. The maximum atomic E-state index is 11.0. The fraction of sp³-hybridized carbons (Fsp3) is 0.643. The first-order valence-corrected chi connectivity index (χ1v) is 5.82. The van der Waals surface area contributed by atoms with E-state index in [-0.39, 0.29) is 5.41 Å². The molecule has 0 radical (unpaired) electrons. The summed E-state index contributed by atoms with van der Waals surface area (Å²) in [5, 5.41) is 0. The summed E-state index contributed by atoms with van der Waals surface area (Å²) in [4.78, 5) is 11.0. The molecule has 1 rings (SSSR count). The van der Waals surface area contributed by atoms with E-state index >= 15 is 0 Å². The van der Waals surface area contributed by atoms with Crippen molar-refractivity contribution >= 4 is 6.29 Å². The summed E-state index contributed by atoms with van der Waals surface area (Å²) in [5.41, 5.74) is 3.64. The van der Waals surface area contributed by atoms with Crippen molar-refractivity contribution in [1.29, 1.82) is 0 Å². The topological polar surface area (TPSA) is 17.1 Å². The molecule has 1 nitrogen and oxygen atoms in total. The molecule has 0 atom stereocenters. The maximum absolute atomic E-state index is 11.0. The second-order valence-corrected chi connectivity index (χ2v) is 5.40. The molecule has 0 heterocycles. The molecular weight excluding hydrogens is 184 g/mol. The summed E-state index contributed by atoms with van der Waals surface area (Å²) in [5.74, 6) is 0. The van der Waals surface area contributed by atoms with Crippen LogP contribution in [0.2, 0.25) is 0 Å². The Labute approximate surface area is 93.3 Å². The van der Waals surface area contributed by atoms with Crippen molar-refractivity contribution in [3.63, 3.8) is 0 Å². The Balaban J connectivity index is 3.12. The smallest absolute Gasteiger partial charge is 0.146 e. The Kier molecular flexibility index (Phi) is 3.90. The Morgan fingerprint density at radius 1 is 1.33 bits per heavy atom. The normalized spacial score (nSPS) is 19.3. The number of hydrogen-bond acceptors (Lipinski definition) is 1. The number of rotatable bonds is 2. The van der Waals surface area contributed by atoms with Crippen LogP contribution in [0.15, 0.2) is 22.8 Å². The third kappa shape index (κ3) is 3.05. The van der Waals surface area contributed by atoms with Crippen LogP contribution in [0.25, 0.3) is 0 Å². The molecule has 0 N–H and O–H groups in total. The Hall–Kier alpha value is -0.850. The van der Waals surface area contributed by atoms with Crippen molar-refractivity contribution < 1.29 is 4.79 Å². The summed E-state index contributed by atoms with van der Waals surface area (Å²) >= 11 is 0. The molecule has 0 aliphatic heterocycles. The number of carbonyl (C=O) groups is 1. The lowest BCUT2D eigenvalue weighted by atomic mass is 9.76. The van der Waals surface area contributed by atoms with Crippen LogP contribution in [-0.2, 0) is 4.79 Å². The average molecular weight is 206 g/mol. The second-order valence-electron chi connectivity index (χ2n) is 5.40. The van der Waals surface area contributed by atoms with E-state index < -0.39 is 0 Å². The van der Waals surface area contributed by atoms with Gasteiger partial charge >= 0.3 is 0 Å². The van der Waals surface area contributed by atoms with Gasteiger partial charge in [-0.15, -0.1) is 0 Å². The Morgan fingerprint density at radius 2 is 2.00 bits per heavy atom. The highest BCUT2D eigenvalue weighted by Crippen LogP contribution is 2.37. The largest absolute Gasteiger partial charge is 0.298 e. The third-order valence-corrected chi connectivity index (χ3v) is 2.93. The van der Waals surface area contributed by atoms with E-state index in [0.717, 1.165) is 18.3 Å². The molecule has 0 amide bonds. The quantitative estimate of drug-likeness (QED) is 0.492. The highest BCUT2D eigenvalue weighted by atomic mass is 16.1. The van der Waals surface area contributed by atoms with Gasteiger partial charge in [0.15, 0.2) is 0 Å². The van der Waals surface area contributed by atoms with Crippen LogP contribution in [-0.4, -0.2) is 6.29 Å². The van der Waals surface area contributed by atoms with Gasteiger partial charge in [0.1, 0.15) is 6.29 Å². The molecule has 0 fully saturated rings. The Morgan fingerprint density at radius 3 is 2.40 bits per heavy atom. The fourth-order valence-corrected chi connectivity index (χ4v) is 2.45. The first-order valence-electron chi connectivity index (χ1n) is 5.82. The van der Waals surface area contributed by atoms with Gasteiger partial charge in [0.2, 0.25) is 0 Å². The number of carbonyl (C=O) groups excluding carboxylic acids is 1. The lowest BCUT2D eigenvalue weighted by Gasteiger charge is -2.28. The summed E-state index contributed by atoms with van der Waals surface area (Å²) in [6.07, 6.45) is 8.17. The number of aldehydes is 1. The van der Waals surface area contributed by atoms with Crippen LogP contribution < -0.4 is 0 Å². The minimum Gasteiger partial charge on any atom is -0.298 e. The molecule has 0 bridgehead atoms. The zero-order valence-corrected chi connectivity index (χ0v) is 10.4. The van der Waals surface area contributed by atoms with Gasteiger partial charge in [0, 0.05) is 0 Å². The van der Waals surface area contributed by atoms with E-state index in [9.17, 15) is 4.79 Å². The third-order valence-electron chi connectivity index (χ3n) is 2.93. The maximum Gasteiger partial charge on any atom is 0.146 e. The first-order chi connectivity index (χ1) is 6.96. The molecule has 0 aromatic carbocycles. The van der Waals surface area contributed by atoms with Gasteiger partial charge in [-0.3, -0.25) is 4.79 Å². The van der Waals surface area contributed by atoms with Gasteiger partial charge in [-0.05, 0) is 54.7 Å². The highest BCUT2D eigenvalue weighted by molar-refractivity contribution is 5.76.